The van der Waals surface area contributed by atoms with Crippen molar-refractivity contribution in [3.63, 3.8) is 0 Å². The zero-order valence-corrected chi connectivity index (χ0v) is 20.2. The number of fused-ring (bicyclic) bond motifs is 3. The van der Waals surface area contributed by atoms with E-state index in [2.05, 4.69) is 9.30 Å². The molecule has 4 aromatic rings. The number of hydrogen-bond donors (Lipinski definition) is 0. The Kier molecular flexibility index (Phi) is 5.63. The van der Waals surface area contributed by atoms with Crippen LogP contribution in [0.2, 0.25) is 5.02 Å². The third kappa shape index (κ3) is 3.99. The summed E-state index contributed by atoms with van der Waals surface area (Å²) >= 11 is 7.83. The normalized spacial score (nSPS) is 16.2. The van der Waals surface area contributed by atoms with E-state index < -0.39 is 10.0 Å². The van der Waals surface area contributed by atoms with Crippen LogP contribution in [-0.4, -0.2) is 66.6 Å². The molecular formula is C22H23ClN4O3S2. The van der Waals surface area contributed by atoms with Crippen LogP contribution in [0.3, 0.4) is 0 Å². The van der Waals surface area contributed by atoms with Crippen LogP contribution in [-0.2, 0) is 16.6 Å². The summed E-state index contributed by atoms with van der Waals surface area (Å²) in [6.07, 6.45) is 1.27. The van der Waals surface area contributed by atoms with Gasteiger partial charge in [-0.25, -0.2) is 13.4 Å². The summed E-state index contributed by atoms with van der Waals surface area (Å²) in [7, 11) is -1.51. The van der Waals surface area contributed by atoms with Crippen LogP contribution in [0.15, 0.2) is 42.5 Å². The molecular weight excluding hydrogens is 468 g/mol. The van der Waals surface area contributed by atoms with Gasteiger partial charge in [0.15, 0.2) is 4.96 Å². The molecule has 0 bridgehead atoms. The maximum Gasteiger partial charge on any atom is 0.211 e. The van der Waals surface area contributed by atoms with Gasteiger partial charge in [0.25, 0.3) is 0 Å². The van der Waals surface area contributed by atoms with Crippen LogP contribution in [0, 0.1) is 0 Å². The summed E-state index contributed by atoms with van der Waals surface area (Å²) < 4.78 is 33.9. The minimum absolute atomic E-state index is 0.499. The first-order valence-electron chi connectivity index (χ1n) is 10.2. The van der Waals surface area contributed by atoms with Gasteiger partial charge in [-0.1, -0.05) is 22.9 Å². The SMILES string of the molecule is COc1ccc(-c2nc3sc4cc(Cl)ccc4n3c2CN2CCN(S(C)(=O)=O)CC2)cc1. The molecule has 0 atom stereocenters. The predicted molar refractivity (Wildman–Crippen MR) is 129 cm³/mol. The van der Waals surface area contributed by atoms with Gasteiger partial charge in [-0.15, -0.1) is 0 Å². The number of benzene rings is 2. The highest BCUT2D eigenvalue weighted by molar-refractivity contribution is 7.88. The minimum atomic E-state index is -3.16. The summed E-state index contributed by atoms with van der Waals surface area (Å²) in [5, 5.41) is 0.704. The van der Waals surface area contributed by atoms with Crippen molar-refractivity contribution in [3.8, 4) is 17.0 Å². The van der Waals surface area contributed by atoms with E-state index in [4.69, 9.17) is 21.3 Å². The third-order valence-electron chi connectivity index (χ3n) is 5.84. The number of nitrogens with zero attached hydrogens (tertiary/aromatic N) is 4. The summed E-state index contributed by atoms with van der Waals surface area (Å²) in [6.45, 7) is 3.03. The van der Waals surface area contributed by atoms with E-state index in [0.29, 0.717) is 37.7 Å². The number of halogens is 1. The molecule has 168 valence electrons. The van der Waals surface area contributed by atoms with Gasteiger partial charge >= 0.3 is 0 Å². The molecule has 5 rings (SSSR count). The fourth-order valence-corrected chi connectivity index (χ4v) is 6.30. The first kappa shape index (κ1) is 21.7. The molecule has 1 saturated heterocycles. The van der Waals surface area contributed by atoms with E-state index in [-0.39, 0.29) is 0 Å². The Morgan fingerprint density at radius 1 is 1.09 bits per heavy atom. The van der Waals surface area contributed by atoms with E-state index in [9.17, 15) is 8.42 Å². The zero-order valence-electron chi connectivity index (χ0n) is 17.8. The molecule has 0 radical (unpaired) electrons. The van der Waals surface area contributed by atoms with E-state index >= 15 is 0 Å². The van der Waals surface area contributed by atoms with Crippen molar-refractivity contribution in [1.29, 1.82) is 0 Å². The van der Waals surface area contributed by atoms with E-state index in [1.807, 2.05) is 42.5 Å². The third-order valence-corrected chi connectivity index (χ3v) is 8.38. The quantitative estimate of drug-likeness (QED) is 0.423. The molecule has 0 spiro atoms. The van der Waals surface area contributed by atoms with E-state index in [0.717, 1.165) is 37.9 Å². The molecule has 10 heteroatoms. The molecule has 2 aromatic carbocycles. The van der Waals surface area contributed by atoms with Crippen molar-refractivity contribution >= 4 is 48.1 Å². The average molecular weight is 491 g/mol. The maximum absolute atomic E-state index is 11.9. The van der Waals surface area contributed by atoms with Crippen molar-refractivity contribution < 1.29 is 13.2 Å². The minimum Gasteiger partial charge on any atom is -0.497 e. The summed E-state index contributed by atoms with van der Waals surface area (Å²) in [4.78, 5) is 8.19. The molecule has 1 fully saturated rings. The molecule has 32 heavy (non-hydrogen) atoms. The average Bonchev–Trinajstić information content (AvgIpc) is 3.29. The lowest BCUT2D eigenvalue weighted by Crippen LogP contribution is -2.47. The van der Waals surface area contributed by atoms with Gasteiger partial charge in [0.1, 0.15) is 5.75 Å². The predicted octanol–water partition coefficient (Wildman–Crippen LogP) is 3.96. The number of imidazole rings is 1. The highest BCUT2D eigenvalue weighted by atomic mass is 35.5. The van der Waals surface area contributed by atoms with Gasteiger partial charge in [-0.05, 0) is 42.5 Å². The van der Waals surface area contributed by atoms with Crippen molar-refractivity contribution in [2.45, 2.75) is 6.54 Å². The highest BCUT2D eigenvalue weighted by Gasteiger charge is 2.26. The Bertz CT molecular complexity index is 1390. The Balaban J connectivity index is 1.57. The zero-order chi connectivity index (χ0) is 22.5. The fraction of sp³-hybridized carbons (Fsp3) is 0.318. The summed E-state index contributed by atoms with van der Waals surface area (Å²) in [5.41, 5.74) is 4.12. The maximum atomic E-state index is 11.9. The van der Waals surface area contributed by atoms with Gasteiger partial charge in [0, 0.05) is 43.3 Å². The fourth-order valence-electron chi connectivity index (χ4n) is 4.16. The molecule has 2 aromatic heterocycles. The summed E-state index contributed by atoms with van der Waals surface area (Å²) in [6, 6.07) is 13.8. The first-order valence-corrected chi connectivity index (χ1v) is 13.3. The molecule has 0 unspecified atom stereocenters. The lowest BCUT2D eigenvalue weighted by atomic mass is 10.1. The monoisotopic (exact) mass is 490 g/mol. The Morgan fingerprint density at radius 2 is 1.81 bits per heavy atom. The Morgan fingerprint density at radius 3 is 2.47 bits per heavy atom. The summed E-state index contributed by atoms with van der Waals surface area (Å²) in [5.74, 6) is 0.799. The molecule has 0 saturated carbocycles. The Labute approximate surface area is 195 Å². The number of methoxy groups -OCH3 is 1. The number of thiazole rings is 1. The molecule has 0 aliphatic carbocycles. The largest absolute Gasteiger partial charge is 0.497 e. The lowest BCUT2D eigenvalue weighted by molar-refractivity contribution is 0.180. The smallest absolute Gasteiger partial charge is 0.211 e. The van der Waals surface area contributed by atoms with Gasteiger partial charge < -0.3 is 4.74 Å². The standard InChI is InChI=1S/C22H23ClN4O3S2/c1-30-17-6-3-15(4-7-17)21-19(14-25-9-11-26(12-10-25)32(2,28)29)27-18-8-5-16(23)13-20(18)31-22(27)24-21/h3-8,13H,9-12,14H2,1-2H3. The molecule has 1 aliphatic rings. The molecule has 3 heterocycles. The van der Waals surface area contributed by atoms with Gasteiger partial charge in [-0.3, -0.25) is 9.30 Å². The number of sulfonamides is 1. The van der Waals surface area contributed by atoms with E-state index in [1.54, 1.807) is 22.8 Å². The van der Waals surface area contributed by atoms with E-state index in [1.165, 1.54) is 6.26 Å². The van der Waals surface area contributed by atoms with Crippen molar-refractivity contribution in [3.05, 3.63) is 53.2 Å². The van der Waals surface area contributed by atoms with Gasteiger partial charge in [-0.2, -0.15) is 4.31 Å². The second kappa shape index (κ2) is 8.31. The van der Waals surface area contributed by atoms with Crippen LogP contribution in [0.4, 0.5) is 0 Å². The molecule has 7 nitrogen and oxygen atoms in total. The molecule has 1 aliphatic heterocycles. The lowest BCUT2D eigenvalue weighted by Gasteiger charge is -2.33. The second-order valence-electron chi connectivity index (χ2n) is 7.91. The topological polar surface area (TPSA) is 67.2 Å². The highest BCUT2D eigenvalue weighted by Crippen LogP contribution is 2.35. The van der Waals surface area contributed by atoms with Crippen LogP contribution >= 0.6 is 22.9 Å². The number of ether oxygens (including phenoxy) is 1. The number of aromatic nitrogens is 2. The number of rotatable bonds is 5. The van der Waals surface area contributed by atoms with Crippen molar-refractivity contribution in [2.75, 3.05) is 39.5 Å². The van der Waals surface area contributed by atoms with Crippen LogP contribution in [0.5, 0.6) is 5.75 Å². The van der Waals surface area contributed by atoms with Gasteiger partial charge in [0.05, 0.1) is 35.0 Å². The van der Waals surface area contributed by atoms with Crippen LogP contribution in [0.25, 0.3) is 26.4 Å². The molecule has 0 amide bonds. The Hall–Kier alpha value is -2.17. The number of piperazine rings is 1. The van der Waals surface area contributed by atoms with Gasteiger partial charge in [0.2, 0.25) is 10.0 Å². The first-order chi connectivity index (χ1) is 15.3. The number of hydrogen-bond acceptors (Lipinski definition) is 6. The molecule has 0 N–H and O–H groups in total. The second-order valence-corrected chi connectivity index (χ2v) is 11.3. The van der Waals surface area contributed by atoms with Crippen LogP contribution in [0.1, 0.15) is 5.69 Å². The van der Waals surface area contributed by atoms with Crippen LogP contribution < -0.4 is 4.74 Å². The van der Waals surface area contributed by atoms with Crippen molar-refractivity contribution in [2.24, 2.45) is 0 Å². The van der Waals surface area contributed by atoms with Crippen molar-refractivity contribution in [1.82, 2.24) is 18.6 Å².